The van der Waals surface area contributed by atoms with Crippen molar-refractivity contribution in [3.63, 3.8) is 0 Å². The lowest BCUT2D eigenvalue weighted by Crippen LogP contribution is -2.26. The standard InChI is InChI=1S/C20H23N3O5S/c1-27-18-8-7-14(11-19(18)28-2)12-21-20(24)13-23-10-9-15-16(22-29(3,25)26)5-4-6-17(15)23/h4-11,22H,12-13H2,1-3H3,(H,21,24). The Bertz CT molecular complexity index is 1140. The molecule has 154 valence electrons. The quantitative estimate of drug-likeness (QED) is 0.586. The first-order valence-corrected chi connectivity index (χ1v) is 10.7. The van der Waals surface area contributed by atoms with E-state index in [1.54, 1.807) is 49.2 Å². The lowest BCUT2D eigenvalue weighted by atomic mass is 10.2. The highest BCUT2D eigenvalue weighted by molar-refractivity contribution is 7.92. The Kier molecular flexibility index (Phi) is 5.97. The van der Waals surface area contributed by atoms with Crippen LogP contribution in [-0.4, -0.2) is 39.4 Å². The van der Waals surface area contributed by atoms with Gasteiger partial charge in [0.25, 0.3) is 0 Å². The minimum atomic E-state index is -3.39. The number of hydrogen-bond acceptors (Lipinski definition) is 5. The van der Waals surface area contributed by atoms with E-state index in [9.17, 15) is 13.2 Å². The minimum Gasteiger partial charge on any atom is -0.493 e. The highest BCUT2D eigenvalue weighted by Crippen LogP contribution is 2.27. The molecule has 3 rings (SSSR count). The van der Waals surface area contributed by atoms with Crippen LogP contribution in [0.2, 0.25) is 0 Å². The average molecular weight is 417 g/mol. The van der Waals surface area contributed by atoms with Crippen molar-refractivity contribution in [2.24, 2.45) is 0 Å². The number of nitrogens with zero attached hydrogens (tertiary/aromatic N) is 1. The molecule has 8 nitrogen and oxygen atoms in total. The molecule has 0 aliphatic rings. The summed E-state index contributed by atoms with van der Waals surface area (Å²) in [4.78, 5) is 12.4. The molecule has 0 atom stereocenters. The largest absolute Gasteiger partial charge is 0.493 e. The van der Waals surface area contributed by atoms with Gasteiger partial charge in [-0.1, -0.05) is 12.1 Å². The summed E-state index contributed by atoms with van der Waals surface area (Å²) >= 11 is 0. The van der Waals surface area contributed by atoms with Gasteiger partial charge in [-0.15, -0.1) is 0 Å². The van der Waals surface area contributed by atoms with Crippen molar-refractivity contribution >= 4 is 32.5 Å². The number of benzene rings is 2. The topological polar surface area (TPSA) is 98.7 Å². The number of carbonyl (C=O) groups is 1. The lowest BCUT2D eigenvalue weighted by molar-refractivity contribution is -0.121. The number of aromatic nitrogens is 1. The number of methoxy groups -OCH3 is 2. The first kappa shape index (κ1) is 20.5. The monoisotopic (exact) mass is 417 g/mol. The molecule has 1 amide bonds. The molecule has 1 heterocycles. The highest BCUT2D eigenvalue weighted by Gasteiger charge is 2.11. The van der Waals surface area contributed by atoms with Gasteiger partial charge in [-0.3, -0.25) is 9.52 Å². The molecule has 0 aliphatic carbocycles. The van der Waals surface area contributed by atoms with E-state index in [-0.39, 0.29) is 12.5 Å². The number of hydrogen-bond donors (Lipinski definition) is 2. The fourth-order valence-electron chi connectivity index (χ4n) is 3.05. The summed E-state index contributed by atoms with van der Waals surface area (Å²) in [6.07, 6.45) is 2.86. The van der Waals surface area contributed by atoms with Gasteiger partial charge in [-0.05, 0) is 35.9 Å². The lowest BCUT2D eigenvalue weighted by Gasteiger charge is -2.11. The normalized spacial score (nSPS) is 11.3. The predicted octanol–water partition coefficient (Wildman–Crippen LogP) is 2.35. The van der Waals surface area contributed by atoms with E-state index in [0.29, 0.717) is 23.7 Å². The average Bonchev–Trinajstić information content (AvgIpc) is 3.09. The zero-order valence-electron chi connectivity index (χ0n) is 16.4. The van der Waals surface area contributed by atoms with E-state index < -0.39 is 10.0 Å². The number of nitrogens with one attached hydrogen (secondary N) is 2. The third kappa shape index (κ3) is 5.00. The molecule has 0 fully saturated rings. The maximum atomic E-state index is 12.4. The molecule has 1 aromatic heterocycles. The first-order valence-electron chi connectivity index (χ1n) is 8.84. The van der Waals surface area contributed by atoms with Gasteiger partial charge in [0, 0.05) is 18.1 Å². The van der Waals surface area contributed by atoms with Crippen LogP contribution in [0.4, 0.5) is 5.69 Å². The molecule has 2 aromatic carbocycles. The predicted molar refractivity (Wildman–Crippen MR) is 112 cm³/mol. The second-order valence-electron chi connectivity index (χ2n) is 6.52. The van der Waals surface area contributed by atoms with Crippen LogP contribution in [0.15, 0.2) is 48.7 Å². The maximum Gasteiger partial charge on any atom is 0.240 e. The molecule has 0 unspecified atom stereocenters. The summed E-state index contributed by atoms with van der Waals surface area (Å²) in [5, 5.41) is 3.60. The molecule has 2 N–H and O–H groups in total. The molecule has 0 aliphatic heterocycles. The smallest absolute Gasteiger partial charge is 0.240 e. The number of ether oxygens (including phenoxy) is 2. The number of fused-ring (bicyclic) bond motifs is 1. The van der Waals surface area contributed by atoms with E-state index in [1.165, 1.54) is 0 Å². The Labute approximate surface area is 169 Å². The third-order valence-corrected chi connectivity index (χ3v) is 4.95. The molecule has 0 bridgehead atoms. The van der Waals surface area contributed by atoms with E-state index in [2.05, 4.69) is 10.0 Å². The number of rotatable bonds is 8. The van der Waals surface area contributed by atoms with Gasteiger partial charge >= 0.3 is 0 Å². The molecule has 29 heavy (non-hydrogen) atoms. The Morgan fingerprint density at radius 3 is 2.52 bits per heavy atom. The Balaban J connectivity index is 1.70. The van der Waals surface area contributed by atoms with Gasteiger partial charge in [0.15, 0.2) is 11.5 Å². The fraction of sp³-hybridized carbons (Fsp3) is 0.250. The fourth-order valence-corrected chi connectivity index (χ4v) is 3.63. The van der Waals surface area contributed by atoms with Crippen LogP contribution in [0, 0.1) is 0 Å². The van der Waals surface area contributed by atoms with Gasteiger partial charge in [-0.2, -0.15) is 0 Å². The van der Waals surface area contributed by atoms with Crippen LogP contribution < -0.4 is 19.5 Å². The van der Waals surface area contributed by atoms with Crippen LogP contribution in [-0.2, 0) is 27.9 Å². The number of anilines is 1. The molecule has 0 radical (unpaired) electrons. The van der Waals surface area contributed by atoms with Crippen molar-refractivity contribution in [2.75, 3.05) is 25.2 Å². The van der Waals surface area contributed by atoms with Crippen molar-refractivity contribution < 1.29 is 22.7 Å². The molecule has 0 saturated heterocycles. The van der Waals surface area contributed by atoms with Crippen molar-refractivity contribution in [1.82, 2.24) is 9.88 Å². The Morgan fingerprint density at radius 1 is 1.07 bits per heavy atom. The number of sulfonamides is 1. The van der Waals surface area contributed by atoms with Crippen molar-refractivity contribution in [2.45, 2.75) is 13.1 Å². The van der Waals surface area contributed by atoms with Gasteiger partial charge in [0.05, 0.1) is 31.7 Å². The SMILES string of the molecule is COc1ccc(CNC(=O)Cn2ccc3c(NS(C)(=O)=O)cccc32)cc1OC. The second kappa shape index (κ2) is 8.44. The van der Waals surface area contributed by atoms with Crippen LogP contribution in [0.25, 0.3) is 10.9 Å². The molecular formula is C20H23N3O5S. The zero-order chi connectivity index (χ0) is 21.0. The summed E-state index contributed by atoms with van der Waals surface area (Å²) < 4.78 is 37.8. The Hall–Kier alpha value is -3.20. The Morgan fingerprint density at radius 2 is 1.83 bits per heavy atom. The van der Waals surface area contributed by atoms with Crippen LogP contribution in [0.3, 0.4) is 0 Å². The van der Waals surface area contributed by atoms with Gasteiger partial charge in [0.1, 0.15) is 6.54 Å². The molecular weight excluding hydrogens is 394 g/mol. The van der Waals surface area contributed by atoms with E-state index in [0.717, 1.165) is 22.7 Å². The third-order valence-electron chi connectivity index (χ3n) is 4.36. The molecule has 0 saturated carbocycles. The van der Waals surface area contributed by atoms with E-state index in [4.69, 9.17) is 9.47 Å². The van der Waals surface area contributed by atoms with Gasteiger partial charge in [0.2, 0.25) is 15.9 Å². The second-order valence-corrected chi connectivity index (χ2v) is 8.27. The minimum absolute atomic E-state index is 0.110. The van der Waals surface area contributed by atoms with E-state index in [1.807, 2.05) is 18.2 Å². The maximum absolute atomic E-state index is 12.4. The summed E-state index contributed by atoms with van der Waals surface area (Å²) in [5.41, 5.74) is 2.13. The summed E-state index contributed by atoms with van der Waals surface area (Å²) in [5.74, 6) is 1.06. The molecule has 0 spiro atoms. The van der Waals surface area contributed by atoms with Crippen molar-refractivity contribution in [1.29, 1.82) is 0 Å². The number of amides is 1. The summed E-state index contributed by atoms with van der Waals surface area (Å²) in [7, 11) is -0.263. The van der Waals surface area contributed by atoms with E-state index >= 15 is 0 Å². The summed E-state index contributed by atoms with van der Waals surface area (Å²) in [6, 6.07) is 12.5. The summed E-state index contributed by atoms with van der Waals surface area (Å²) in [6.45, 7) is 0.457. The van der Waals surface area contributed by atoms with Gasteiger partial charge in [-0.25, -0.2) is 8.42 Å². The number of carbonyl (C=O) groups excluding carboxylic acids is 1. The van der Waals surface area contributed by atoms with Crippen LogP contribution in [0.5, 0.6) is 11.5 Å². The zero-order valence-corrected chi connectivity index (χ0v) is 17.2. The van der Waals surface area contributed by atoms with Crippen molar-refractivity contribution in [3.05, 3.63) is 54.2 Å². The van der Waals surface area contributed by atoms with Crippen LogP contribution in [0.1, 0.15) is 5.56 Å². The molecule has 3 aromatic rings. The first-order chi connectivity index (χ1) is 13.8. The highest BCUT2D eigenvalue weighted by atomic mass is 32.2. The van der Waals surface area contributed by atoms with Crippen molar-refractivity contribution in [3.8, 4) is 11.5 Å². The molecule has 9 heteroatoms. The van der Waals surface area contributed by atoms with Crippen LogP contribution >= 0.6 is 0 Å². The van der Waals surface area contributed by atoms with Gasteiger partial charge < -0.3 is 19.4 Å².